The van der Waals surface area contributed by atoms with E-state index in [9.17, 15) is 0 Å². The SMILES string of the molecule is c1cncc(-c2ccc(NCC3CCCNC3)nn2)c1. The summed E-state index contributed by atoms with van der Waals surface area (Å²) in [6, 6.07) is 7.84. The molecule has 3 heterocycles. The molecule has 5 nitrogen and oxygen atoms in total. The number of pyridine rings is 1. The van der Waals surface area contributed by atoms with E-state index in [-0.39, 0.29) is 0 Å². The van der Waals surface area contributed by atoms with Gasteiger partial charge >= 0.3 is 0 Å². The summed E-state index contributed by atoms with van der Waals surface area (Å²) in [5.74, 6) is 1.52. The van der Waals surface area contributed by atoms with Gasteiger partial charge in [-0.2, -0.15) is 0 Å². The second kappa shape index (κ2) is 6.43. The topological polar surface area (TPSA) is 62.7 Å². The Morgan fingerprint density at radius 1 is 1.25 bits per heavy atom. The molecule has 104 valence electrons. The lowest BCUT2D eigenvalue weighted by atomic mass is 10.00. The molecule has 2 N–H and O–H groups in total. The van der Waals surface area contributed by atoms with E-state index < -0.39 is 0 Å². The van der Waals surface area contributed by atoms with E-state index in [0.29, 0.717) is 5.92 Å². The zero-order valence-corrected chi connectivity index (χ0v) is 11.4. The van der Waals surface area contributed by atoms with Gasteiger partial charge in [0, 0.05) is 24.5 Å². The molecule has 2 aromatic rings. The third-order valence-electron chi connectivity index (χ3n) is 3.59. The lowest BCUT2D eigenvalue weighted by Crippen LogP contribution is -2.33. The number of aromatic nitrogens is 3. The molecule has 0 spiro atoms. The van der Waals surface area contributed by atoms with Crippen molar-refractivity contribution in [2.75, 3.05) is 25.0 Å². The lowest BCUT2D eigenvalue weighted by Gasteiger charge is -2.22. The molecule has 1 unspecified atom stereocenters. The molecule has 0 aliphatic carbocycles. The van der Waals surface area contributed by atoms with Crippen LogP contribution >= 0.6 is 0 Å². The Bertz CT molecular complexity index is 520. The van der Waals surface area contributed by atoms with E-state index in [2.05, 4.69) is 25.8 Å². The minimum atomic E-state index is 0.684. The normalized spacial score (nSPS) is 18.7. The summed E-state index contributed by atoms with van der Waals surface area (Å²) in [4.78, 5) is 4.09. The van der Waals surface area contributed by atoms with Crippen LogP contribution in [0.15, 0.2) is 36.7 Å². The molecule has 1 aliphatic heterocycles. The van der Waals surface area contributed by atoms with Gasteiger partial charge in [0.25, 0.3) is 0 Å². The maximum Gasteiger partial charge on any atom is 0.148 e. The fraction of sp³-hybridized carbons (Fsp3) is 0.400. The fourth-order valence-electron chi connectivity index (χ4n) is 2.44. The van der Waals surface area contributed by atoms with E-state index in [1.54, 1.807) is 12.4 Å². The Balaban J connectivity index is 1.58. The molecular weight excluding hydrogens is 250 g/mol. The Kier molecular flexibility index (Phi) is 4.18. The van der Waals surface area contributed by atoms with Crippen molar-refractivity contribution in [3.05, 3.63) is 36.7 Å². The van der Waals surface area contributed by atoms with Crippen LogP contribution < -0.4 is 10.6 Å². The van der Waals surface area contributed by atoms with Gasteiger partial charge in [-0.05, 0) is 56.1 Å². The van der Waals surface area contributed by atoms with E-state index >= 15 is 0 Å². The summed E-state index contributed by atoms with van der Waals surface area (Å²) in [6.45, 7) is 3.19. The average molecular weight is 269 g/mol. The first-order chi connectivity index (χ1) is 9.92. The summed E-state index contributed by atoms with van der Waals surface area (Å²) in [7, 11) is 0. The minimum absolute atomic E-state index is 0.684. The predicted molar refractivity (Wildman–Crippen MR) is 79.3 cm³/mol. The fourth-order valence-corrected chi connectivity index (χ4v) is 2.44. The van der Waals surface area contributed by atoms with Gasteiger partial charge in [-0.3, -0.25) is 4.98 Å². The Hall–Kier alpha value is -2.01. The van der Waals surface area contributed by atoms with Gasteiger partial charge in [-0.1, -0.05) is 0 Å². The van der Waals surface area contributed by atoms with Crippen LogP contribution in [0.3, 0.4) is 0 Å². The van der Waals surface area contributed by atoms with E-state index in [1.165, 1.54) is 12.8 Å². The number of anilines is 1. The van der Waals surface area contributed by atoms with Gasteiger partial charge in [0.15, 0.2) is 0 Å². The first-order valence-corrected chi connectivity index (χ1v) is 7.10. The summed E-state index contributed by atoms with van der Waals surface area (Å²) in [6.07, 6.45) is 6.09. The van der Waals surface area contributed by atoms with Crippen molar-refractivity contribution in [1.29, 1.82) is 0 Å². The van der Waals surface area contributed by atoms with Gasteiger partial charge in [-0.25, -0.2) is 0 Å². The van der Waals surface area contributed by atoms with Crippen molar-refractivity contribution < 1.29 is 0 Å². The Morgan fingerprint density at radius 3 is 2.95 bits per heavy atom. The van der Waals surface area contributed by atoms with Gasteiger partial charge in [0.1, 0.15) is 5.82 Å². The van der Waals surface area contributed by atoms with Crippen LogP contribution in [0.25, 0.3) is 11.3 Å². The number of hydrogen-bond donors (Lipinski definition) is 2. The molecule has 1 atom stereocenters. The lowest BCUT2D eigenvalue weighted by molar-refractivity contribution is 0.392. The average Bonchev–Trinajstić information content (AvgIpc) is 2.55. The third kappa shape index (κ3) is 3.30. The van der Waals surface area contributed by atoms with Crippen molar-refractivity contribution >= 4 is 5.82 Å². The monoisotopic (exact) mass is 269 g/mol. The minimum Gasteiger partial charge on any atom is -0.368 e. The highest BCUT2D eigenvalue weighted by atomic mass is 15.2. The molecule has 0 amide bonds. The van der Waals surface area contributed by atoms with Crippen molar-refractivity contribution in [3.63, 3.8) is 0 Å². The zero-order chi connectivity index (χ0) is 13.6. The van der Waals surface area contributed by atoms with Crippen molar-refractivity contribution in [3.8, 4) is 11.3 Å². The molecule has 20 heavy (non-hydrogen) atoms. The van der Waals surface area contributed by atoms with Crippen LogP contribution in [0.2, 0.25) is 0 Å². The number of piperidine rings is 1. The Labute approximate surface area is 118 Å². The van der Waals surface area contributed by atoms with E-state index in [1.807, 2.05) is 24.3 Å². The molecule has 1 aliphatic rings. The van der Waals surface area contributed by atoms with Crippen molar-refractivity contribution in [2.45, 2.75) is 12.8 Å². The van der Waals surface area contributed by atoms with Crippen LogP contribution in [-0.2, 0) is 0 Å². The predicted octanol–water partition coefficient (Wildman–Crippen LogP) is 1.95. The highest BCUT2D eigenvalue weighted by Crippen LogP contribution is 2.16. The maximum atomic E-state index is 4.24. The Morgan fingerprint density at radius 2 is 2.25 bits per heavy atom. The first-order valence-electron chi connectivity index (χ1n) is 7.10. The third-order valence-corrected chi connectivity index (χ3v) is 3.59. The smallest absolute Gasteiger partial charge is 0.148 e. The molecule has 5 heteroatoms. The number of rotatable bonds is 4. The number of nitrogens with zero attached hydrogens (tertiary/aromatic N) is 3. The molecule has 1 saturated heterocycles. The zero-order valence-electron chi connectivity index (χ0n) is 11.4. The van der Waals surface area contributed by atoms with Crippen molar-refractivity contribution in [2.24, 2.45) is 5.92 Å². The highest BCUT2D eigenvalue weighted by molar-refractivity contribution is 5.57. The van der Waals surface area contributed by atoms with Crippen LogP contribution in [0, 0.1) is 5.92 Å². The molecule has 0 aromatic carbocycles. The van der Waals surface area contributed by atoms with Crippen molar-refractivity contribution in [1.82, 2.24) is 20.5 Å². The van der Waals surface area contributed by atoms with Gasteiger partial charge in [0.2, 0.25) is 0 Å². The van der Waals surface area contributed by atoms with Gasteiger partial charge in [-0.15, -0.1) is 10.2 Å². The summed E-state index contributed by atoms with van der Waals surface area (Å²) in [5, 5.41) is 15.3. The number of hydrogen-bond acceptors (Lipinski definition) is 5. The summed E-state index contributed by atoms with van der Waals surface area (Å²) in [5.41, 5.74) is 1.84. The largest absolute Gasteiger partial charge is 0.368 e. The van der Waals surface area contributed by atoms with Crippen LogP contribution in [-0.4, -0.2) is 34.8 Å². The van der Waals surface area contributed by atoms with Gasteiger partial charge in [0.05, 0.1) is 5.69 Å². The molecule has 0 radical (unpaired) electrons. The molecule has 1 fully saturated rings. The van der Waals surface area contributed by atoms with E-state index in [0.717, 1.165) is 36.7 Å². The summed E-state index contributed by atoms with van der Waals surface area (Å²) >= 11 is 0. The second-order valence-corrected chi connectivity index (χ2v) is 5.14. The summed E-state index contributed by atoms with van der Waals surface area (Å²) < 4.78 is 0. The number of nitrogens with one attached hydrogen (secondary N) is 2. The molecule has 0 bridgehead atoms. The molecule has 3 rings (SSSR count). The standard InChI is InChI=1S/C15H19N5/c1-3-12(9-16-7-1)10-18-15-6-5-14(19-20-15)13-4-2-8-17-11-13/h2,4-6,8,11-12,16H,1,3,7,9-10H2,(H,18,20). The van der Waals surface area contributed by atoms with Crippen LogP contribution in [0.1, 0.15) is 12.8 Å². The van der Waals surface area contributed by atoms with Crippen LogP contribution in [0.5, 0.6) is 0 Å². The quantitative estimate of drug-likeness (QED) is 0.888. The highest BCUT2D eigenvalue weighted by Gasteiger charge is 2.12. The molecule has 0 saturated carbocycles. The first kappa shape index (κ1) is 13.0. The van der Waals surface area contributed by atoms with Crippen LogP contribution in [0.4, 0.5) is 5.82 Å². The second-order valence-electron chi connectivity index (χ2n) is 5.14. The molecular formula is C15H19N5. The van der Waals surface area contributed by atoms with E-state index in [4.69, 9.17) is 0 Å². The molecule has 2 aromatic heterocycles. The van der Waals surface area contributed by atoms with Gasteiger partial charge < -0.3 is 10.6 Å². The maximum absolute atomic E-state index is 4.24.